The normalized spacial score (nSPS) is 10.0. The molecule has 0 unspecified atom stereocenters. The summed E-state index contributed by atoms with van der Waals surface area (Å²) in [6.07, 6.45) is 0. The minimum absolute atomic E-state index is 0.451. The van der Waals surface area contributed by atoms with Gasteiger partial charge in [0.05, 0.1) is 0 Å². The number of ether oxygens (including phenoxy) is 1. The van der Waals surface area contributed by atoms with Gasteiger partial charge in [-0.1, -0.05) is 0 Å². The molecule has 2 nitrogen and oxygen atoms in total. The van der Waals surface area contributed by atoms with Gasteiger partial charge in [0.2, 0.25) is 0 Å². The van der Waals surface area contributed by atoms with Crippen molar-refractivity contribution in [1.29, 1.82) is 0 Å². The molecule has 0 amide bonds. The third-order valence-corrected chi connectivity index (χ3v) is 2.35. The molecule has 0 radical (unpaired) electrons. The van der Waals surface area contributed by atoms with Crippen molar-refractivity contribution in [3.05, 3.63) is 28.8 Å². The molecule has 0 aromatic heterocycles. The zero-order valence-corrected chi connectivity index (χ0v) is 9.45. The fraction of sp³-hybridized carbons (Fsp3) is 0.300. The molecule has 1 aromatic carbocycles. The van der Waals surface area contributed by atoms with E-state index in [0.717, 1.165) is 16.7 Å². The van der Waals surface area contributed by atoms with E-state index < -0.39 is 5.43 Å². The zero-order valence-electron chi connectivity index (χ0n) is 7.93. The molecule has 0 aliphatic heterocycles. The highest BCUT2D eigenvalue weighted by Gasteiger charge is 2.06. The van der Waals surface area contributed by atoms with Crippen molar-refractivity contribution in [3.8, 4) is 5.75 Å². The van der Waals surface area contributed by atoms with Crippen LogP contribution >= 0.6 is 23.2 Å². The Morgan fingerprint density at radius 3 is 2.21 bits per heavy atom. The van der Waals surface area contributed by atoms with Gasteiger partial charge in [0.1, 0.15) is 5.75 Å². The Hall–Kier alpha value is -0.730. The van der Waals surface area contributed by atoms with Crippen molar-refractivity contribution < 1.29 is 9.53 Å². The van der Waals surface area contributed by atoms with Gasteiger partial charge in [-0.05, 0) is 42.7 Å². The Morgan fingerprint density at radius 2 is 1.86 bits per heavy atom. The minimum atomic E-state index is -0.831. The number of halogens is 2. The van der Waals surface area contributed by atoms with Crippen LogP contribution in [0.15, 0.2) is 12.1 Å². The van der Waals surface area contributed by atoms with E-state index in [-0.39, 0.29) is 0 Å². The van der Waals surface area contributed by atoms with Crippen molar-refractivity contribution in [2.75, 3.05) is 0 Å². The molecule has 1 aromatic rings. The van der Waals surface area contributed by atoms with Crippen LogP contribution in [0.4, 0.5) is 4.79 Å². The lowest BCUT2D eigenvalue weighted by Crippen LogP contribution is -1.99. The van der Waals surface area contributed by atoms with E-state index in [2.05, 4.69) is 0 Å². The lowest BCUT2D eigenvalue weighted by molar-refractivity contribution is 0.225. The van der Waals surface area contributed by atoms with Gasteiger partial charge >= 0.3 is 5.43 Å². The molecule has 0 saturated heterocycles. The zero-order chi connectivity index (χ0) is 10.7. The van der Waals surface area contributed by atoms with Crippen LogP contribution in [0, 0.1) is 13.8 Å². The molecule has 76 valence electrons. The Morgan fingerprint density at radius 1 is 1.36 bits per heavy atom. The summed E-state index contributed by atoms with van der Waals surface area (Å²) in [6.45, 7) is 3.83. The van der Waals surface area contributed by atoms with Crippen LogP contribution in [-0.2, 0) is 5.88 Å². The van der Waals surface area contributed by atoms with E-state index in [9.17, 15) is 4.79 Å². The van der Waals surface area contributed by atoms with Gasteiger partial charge in [-0.25, -0.2) is 4.79 Å². The summed E-state index contributed by atoms with van der Waals surface area (Å²) in [6, 6.07) is 3.48. The van der Waals surface area contributed by atoms with Gasteiger partial charge in [0.15, 0.2) is 0 Å². The highest BCUT2D eigenvalue weighted by atomic mass is 35.5. The molecular formula is C10H10Cl2O2. The average molecular weight is 233 g/mol. The molecule has 0 heterocycles. The van der Waals surface area contributed by atoms with Gasteiger partial charge in [-0.3, -0.25) is 0 Å². The van der Waals surface area contributed by atoms with Crippen molar-refractivity contribution in [2.24, 2.45) is 0 Å². The van der Waals surface area contributed by atoms with Crippen LogP contribution in [0.1, 0.15) is 16.7 Å². The Labute approximate surface area is 92.8 Å². The molecule has 14 heavy (non-hydrogen) atoms. The van der Waals surface area contributed by atoms with Crippen LogP contribution < -0.4 is 4.74 Å². The number of alkyl halides is 1. The number of hydrogen-bond donors (Lipinski definition) is 0. The van der Waals surface area contributed by atoms with Crippen LogP contribution in [0.25, 0.3) is 0 Å². The van der Waals surface area contributed by atoms with Crippen LogP contribution in [-0.4, -0.2) is 5.43 Å². The molecule has 0 aliphatic carbocycles. The molecule has 0 aliphatic rings. The highest BCUT2D eigenvalue weighted by Crippen LogP contribution is 2.23. The first-order valence-corrected chi connectivity index (χ1v) is 4.99. The summed E-state index contributed by atoms with van der Waals surface area (Å²) >= 11 is 10.9. The number of benzene rings is 1. The predicted octanol–water partition coefficient (Wildman–Crippen LogP) is 3.78. The number of carbonyl (C=O) groups excluding carboxylic acids is 1. The summed E-state index contributed by atoms with van der Waals surface area (Å²) in [7, 11) is 0. The maximum atomic E-state index is 10.5. The third-order valence-electron chi connectivity index (χ3n) is 2.00. The monoisotopic (exact) mass is 232 g/mol. The Kier molecular flexibility index (Phi) is 3.78. The molecule has 0 fully saturated rings. The van der Waals surface area contributed by atoms with Crippen molar-refractivity contribution >= 4 is 28.6 Å². The molecule has 0 bridgehead atoms. The number of rotatable bonds is 2. The van der Waals surface area contributed by atoms with E-state index >= 15 is 0 Å². The predicted molar refractivity (Wildman–Crippen MR) is 57.4 cm³/mol. The number of aryl methyl sites for hydroxylation is 2. The maximum Gasteiger partial charge on any atom is 0.409 e. The van der Waals surface area contributed by atoms with E-state index in [1.165, 1.54) is 0 Å². The van der Waals surface area contributed by atoms with Crippen LogP contribution in [0.2, 0.25) is 0 Å². The minimum Gasteiger partial charge on any atom is -0.414 e. The fourth-order valence-electron chi connectivity index (χ4n) is 1.32. The van der Waals surface area contributed by atoms with Gasteiger partial charge in [0.25, 0.3) is 0 Å². The summed E-state index contributed by atoms with van der Waals surface area (Å²) in [5, 5.41) is 0. The van der Waals surface area contributed by atoms with Crippen molar-refractivity contribution in [2.45, 2.75) is 19.7 Å². The first kappa shape index (κ1) is 11.3. The van der Waals surface area contributed by atoms with Crippen LogP contribution in [0.5, 0.6) is 5.75 Å². The first-order chi connectivity index (χ1) is 6.54. The second kappa shape index (κ2) is 4.67. The SMILES string of the molecule is Cc1cc(OC(=O)Cl)cc(C)c1CCl. The molecule has 0 atom stereocenters. The number of carbonyl (C=O) groups is 1. The number of hydrogen-bond acceptors (Lipinski definition) is 2. The van der Waals surface area contributed by atoms with Crippen molar-refractivity contribution in [3.63, 3.8) is 0 Å². The Balaban J connectivity index is 3.07. The second-order valence-electron chi connectivity index (χ2n) is 3.01. The molecule has 0 N–H and O–H groups in total. The third kappa shape index (κ3) is 2.63. The van der Waals surface area contributed by atoms with Gasteiger partial charge in [-0.2, -0.15) is 0 Å². The lowest BCUT2D eigenvalue weighted by Gasteiger charge is -2.09. The van der Waals surface area contributed by atoms with E-state index in [1.807, 2.05) is 13.8 Å². The quantitative estimate of drug-likeness (QED) is 0.573. The Bertz CT molecular complexity index is 338. The maximum absolute atomic E-state index is 10.5. The summed E-state index contributed by atoms with van der Waals surface area (Å²) in [5.41, 5.74) is 2.21. The molecular weight excluding hydrogens is 223 g/mol. The van der Waals surface area contributed by atoms with Gasteiger partial charge in [0, 0.05) is 17.5 Å². The molecule has 0 saturated carbocycles. The highest BCUT2D eigenvalue weighted by molar-refractivity contribution is 6.61. The summed E-state index contributed by atoms with van der Waals surface area (Å²) in [4.78, 5) is 10.5. The first-order valence-electron chi connectivity index (χ1n) is 4.08. The molecule has 0 spiro atoms. The van der Waals surface area contributed by atoms with E-state index in [0.29, 0.717) is 11.6 Å². The average Bonchev–Trinajstić information content (AvgIpc) is 2.01. The lowest BCUT2D eigenvalue weighted by atomic mass is 10.0. The molecule has 1 rings (SSSR count). The standard InChI is InChI=1S/C10H10Cl2O2/c1-6-3-8(14-10(12)13)4-7(2)9(6)5-11/h3-4H,5H2,1-2H3. The summed E-state index contributed by atoms with van der Waals surface area (Å²) in [5.74, 6) is 0.904. The van der Waals surface area contributed by atoms with Crippen molar-refractivity contribution in [1.82, 2.24) is 0 Å². The largest absolute Gasteiger partial charge is 0.414 e. The van der Waals surface area contributed by atoms with Gasteiger partial charge in [-0.15, -0.1) is 11.6 Å². The smallest absolute Gasteiger partial charge is 0.409 e. The fourth-order valence-corrected chi connectivity index (χ4v) is 1.83. The van der Waals surface area contributed by atoms with Gasteiger partial charge < -0.3 is 4.74 Å². The second-order valence-corrected chi connectivity index (χ2v) is 3.58. The van der Waals surface area contributed by atoms with E-state index in [1.54, 1.807) is 12.1 Å². The molecule has 4 heteroatoms. The topological polar surface area (TPSA) is 26.3 Å². The van der Waals surface area contributed by atoms with Crippen LogP contribution in [0.3, 0.4) is 0 Å². The van der Waals surface area contributed by atoms with E-state index in [4.69, 9.17) is 27.9 Å². The summed E-state index contributed by atoms with van der Waals surface area (Å²) < 4.78 is 4.76.